The molecule has 0 aliphatic carbocycles. The van der Waals surface area contributed by atoms with Crippen LogP contribution < -0.4 is 11.1 Å². The van der Waals surface area contributed by atoms with Crippen LogP contribution >= 0.6 is 0 Å². The van der Waals surface area contributed by atoms with Crippen molar-refractivity contribution in [3.05, 3.63) is 70.8 Å². The van der Waals surface area contributed by atoms with E-state index in [1.807, 2.05) is 18.2 Å². The zero-order chi connectivity index (χ0) is 16.1. The third-order valence-corrected chi connectivity index (χ3v) is 4.59. The van der Waals surface area contributed by atoms with Gasteiger partial charge in [-0.05, 0) is 54.0 Å². The molecule has 0 aromatic heterocycles. The van der Waals surface area contributed by atoms with Crippen molar-refractivity contribution in [1.82, 2.24) is 5.32 Å². The molecule has 1 atom stereocenters. The van der Waals surface area contributed by atoms with Crippen LogP contribution in [0.15, 0.2) is 48.5 Å². The zero-order valence-electron chi connectivity index (χ0n) is 13.4. The molecule has 1 amide bonds. The number of fused-ring (bicyclic) bond motifs is 1. The second-order valence-electron chi connectivity index (χ2n) is 6.37. The highest BCUT2D eigenvalue weighted by Crippen LogP contribution is 2.27. The highest BCUT2D eigenvalue weighted by atomic mass is 16.1. The number of carbonyl (C=O) groups excluding carboxylic acids is 1. The minimum Gasteiger partial charge on any atom is -0.370 e. The number of nitrogens with one attached hydrogen (secondary N) is 1. The van der Waals surface area contributed by atoms with Gasteiger partial charge < -0.3 is 11.1 Å². The van der Waals surface area contributed by atoms with Gasteiger partial charge in [0, 0.05) is 13.0 Å². The molecule has 0 saturated heterocycles. The van der Waals surface area contributed by atoms with Crippen LogP contribution in [-0.2, 0) is 24.2 Å². The predicted octanol–water partition coefficient (Wildman–Crippen LogP) is 2.92. The minimum atomic E-state index is -0.237. The maximum absolute atomic E-state index is 11.5. The molecule has 0 fully saturated rings. The van der Waals surface area contributed by atoms with Gasteiger partial charge in [0.25, 0.3) is 0 Å². The van der Waals surface area contributed by atoms with Crippen molar-refractivity contribution in [3.8, 4) is 0 Å². The Morgan fingerprint density at radius 1 is 1.13 bits per heavy atom. The SMILES string of the molecule is NC(=O)CC(Cc1ccccc1)c1ccc2c(c1)CNCCC2. The largest absolute Gasteiger partial charge is 0.370 e. The molecule has 1 aliphatic heterocycles. The van der Waals surface area contributed by atoms with Gasteiger partial charge in [0.05, 0.1) is 0 Å². The van der Waals surface area contributed by atoms with Crippen LogP contribution in [0, 0.1) is 0 Å². The summed E-state index contributed by atoms with van der Waals surface area (Å²) < 4.78 is 0. The number of carbonyl (C=O) groups is 1. The van der Waals surface area contributed by atoms with E-state index in [2.05, 4.69) is 35.6 Å². The Hall–Kier alpha value is -2.13. The van der Waals surface area contributed by atoms with Gasteiger partial charge in [-0.1, -0.05) is 48.5 Å². The summed E-state index contributed by atoms with van der Waals surface area (Å²) in [5.41, 5.74) is 10.7. The number of primary amides is 1. The second-order valence-corrected chi connectivity index (χ2v) is 6.37. The van der Waals surface area contributed by atoms with Gasteiger partial charge in [-0.15, -0.1) is 0 Å². The normalized spacial score (nSPS) is 15.5. The van der Waals surface area contributed by atoms with E-state index in [0.717, 1.165) is 25.9 Å². The number of nitrogens with two attached hydrogens (primary N) is 1. The smallest absolute Gasteiger partial charge is 0.218 e. The minimum absolute atomic E-state index is 0.142. The van der Waals surface area contributed by atoms with Gasteiger partial charge in [-0.3, -0.25) is 4.79 Å². The van der Waals surface area contributed by atoms with Gasteiger partial charge in [-0.25, -0.2) is 0 Å². The van der Waals surface area contributed by atoms with Crippen LogP contribution in [0.4, 0.5) is 0 Å². The van der Waals surface area contributed by atoms with Gasteiger partial charge >= 0.3 is 0 Å². The summed E-state index contributed by atoms with van der Waals surface area (Å²) in [5.74, 6) is -0.0950. The van der Waals surface area contributed by atoms with Crippen LogP contribution in [0.25, 0.3) is 0 Å². The quantitative estimate of drug-likeness (QED) is 0.892. The molecule has 0 spiro atoms. The third kappa shape index (κ3) is 4.20. The fourth-order valence-electron chi connectivity index (χ4n) is 3.38. The average molecular weight is 308 g/mol. The van der Waals surface area contributed by atoms with E-state index in [0.29, 0.717) is 6.42 Å². The van der Waals surface area contributed by atoms with E-state index in [1.165, 1.54) is 28.7 Å². The summed E-state index contributed by atoms with van der Waals surface area (Å²) in [6.07, 6.45) is 3.54. The molecule has 120 valence electrons. The summed E-state index contributed by atoms with van der Waals surface area (Å²) in [4.78, 5) is 11.5. The molecule has 3 heteroatoms. The molecule has 3 N–H and O–H groups in total. The summed E-state index contributed by atoms with van der Waals surface area (Å²) in [6.45, 7) is 1.98. The fraction of sp³-hybridized carbons (Fsp3) is 0.350. The van der Waals surface area contributed by atoms with E-state index in [-0.39, 0.29) is 11.8 Å². The summed E-state index contributed by atoms with van der Waals surface area (Å²) in [7, 11) is 0. The molecule has 2 aromatic carbocycles. The lowest BCUT2D eigenvalue weighted by atomic mass is 9.87. The van der Waals surface area contributed by atoms with E-state index < -0.39 is 0 Å². The van der Waals surface area contributed by atoms with Crippen LogP contribution in [-0.4, -0.2) is 12.5 Å². The lowest BCUT2D eigenvalue weighted by Crippen LogP contribution is -2.17. The topological polar surface area (TPSA) is 55.1 Å². The van der Waals surface area contributed by atoms with Crippen molar-refractivity contribution < 1.29 is 4.79 Å². The van der Waals surface area contributed by atoms with Gasteiger partial charge in [0.1, 0.15) is 0 Å². The van der Waals surface area contributed by atoms with Crippen LogP contribution in [0.1, 0.15) is 41.0 Å². The lowest BCUT2D eigenvalue weighted by molar-refractivity contribution is -0.118. The van der Waals surface area contributed by atoms with Gasteiger partial charge in [-0.2, -0.15) is 0 Å². The molecule has 0 saturated carbocycles. The van der Waals surface area contributed by atoms with E-state index in [1.54, 1.807) is 0 Å². The summed E-state index contributed by atoms with van der Waals surface area (Å²) in [6, 6.07) is 17.0. The maximum Gasteiger partial charge on any atom is 0.218 e. The second kappa shape index (κ2) is 7.42. The van der Waals surface area contributed by atoms with Crippen molar-refractivity contribution in [2.24, 2.45) is 5.73 Å². The summed E-state index contributed by atoms with van der Waals surface area (Å²) >= 11 is 0. The monoisotopic (exact) mass is 308 g/mol. The first kappa shape index (κ1) is 15.8. The molecule has 3 nitrogen and oxygen atoms in total. The number of benzene rings is 2. The molecule has 1 aliphatic rings. The first-order chi connectivity index (χ1) is 11.2. The number of aryl methyl sites for hydroxylation is 1. The van der Waals surface area contributed by atoms with Crippen molar-refractivity contribution in [1.29, 1.82) is 0 Å². The van der Waals surface area contributed by atoms with Crippen molar-refractivity contribution in [3.63, 3.8) is 0 Å². The number of hydrogen-bond donors (Lipinski definition) is 2. The van der Waals surface area contributed by atoms with Crippen LogP contribution in [0.3, 0.4) is 0 Å². The highest BCUT2D eigenvalue weighted by molar-refractivity contribution is 5.74. The van der Waals surface area contributed by atoms with Crippen molar-refractivity contribution in [2.45, 2.75) is 38.1 Å². The standard InChI is InChI=1S/C20H24N2O/c21-20(23)13-18(11-15-5-2-1-3-6-15)17-9-8-16-7-4-10-22-14-19(16)12-17/h1-3,5-6,8-9,12,18,22H,4,7,10-11,13-14H2,(H2,21,23). The first-order valence-corrected chi connectivity index (χ1v) is 8.37. The average Bonchev–Trinajstić information content (AvgIpc) is 2.79. The van der Waals surface area contributed by atoms with Crippen molar-refractivity contribution >= 4 is 5.91 Å². The molecule has 1 heterocycles. The van der Waals surface area contributed by atoms with E-state index >= 15 is 0 Å². The molecule has 23 heavy (non-hydrogen) atoms. The Morgan fingerprint density at radius 2 is 1.96 bits per heavy atom. The van der Waals surface area contributed by atoms with E-state index in [9.17, 15) is 4.79 Å². The molecule has 1 unspecified atom stereocenters. The predicted molar refractivity (Wildman–Crippen MR) is 93.2 cm³/mol. The number of rotatable bonds is 5. The van der Waals surface area contributed by atoms with Crippen LogP contribution in [0.2, 0.25) is 0 Å². The molecule has 0 radical (unpaired) electrons. The Kier molecular flexibility index (Phi) is 5.09. The number of amides is 1. The van der Waals surface area contributed by atoms with Crippen LogP contribution in [0.5, 0.6) is 0 Å². The van der Waals surface area contributed by atoms with Gasteiger partial charge in [0.2, 0.25) is 5.91 Å². The molecule has 3 rings (SSSR count). The first-order valence-electron chi connectivity index (χ1n) is 8.37. The molecular formula is C20H24N2O. The maximum atomic E-state index is 11.5. The number of hydrogen-bond acceptors (Lipinski definition) is 2. The molecular weight excluding hydrogens is 284 g/mol. The Bertz CT molecular complexity index is 667. The zero-order valence-corrected chi connectivity index (χ0v) is 13.4. The highest BCUT2D eigenvalue weighted by Gasteiger charge is 2.17. The Balaban J connectivity index is 1.87. The fourth-order valence-corrected chi connectivity index (χ4v) is 3.38. The lowest BCUT2D eigenvalue weighted by Gasteiger charge is -2.18. The molecule has 0 bridgehead atoms. The van der Waals surface area contributed by atoms with Crippen molar-refractivity contribution in [2.75, 3.05) is 6.54 Å². The van der Waals surface area contributed by atoms with E-state index in [4.69, 9.17) is 5.73 Å². The third-order valence-electron chi connectivity index (χ3n) is 4.59. The Labute approximate surface area is 137 Å². The summed E-state index contributed by atoms with van der Waals surface area (Å²) in [5, 5.41) is 3.47. The Morgan fingerprint density at radius 3 is 2.74 bits per heavy atom. The molecule has 2 aromatic rings. The van der Waals surface area contributed by atoms with Gasteiger partial charge in [0.15, 0.2) is 0 Å².